The number of amides is 1. The molecule has 5 rings (SSSR count). The van der Waals surface area contributed by atoms with Crippen molar-refractivity contribution in [3.05, 3.63) is 54.2 Å². The van der Waals surface area contributed by atoms with Crippen LogP contribution in [0.4, 0.5) is 17.5 Å². The monoisotopic (exact) mass is 416 g/mol. The quantitative estimate of drug-likeness (QED) is 0.649. The summed E-state index contributed by atoms with van der Waals surface area (Å²) in [7, 11) is 0. The van der Waals surface area contributed by atoms with Crippen molar-refractivity contribution in [2.24, 2.45) is 0 Å². The standard InChI is InChI=1S/C23H24N6O2/c1-15-25-13-17(14-26-15)16-4-5-18-19(12-16)29(21(30)23(18,2)3)22-24-7-6-20(27-22)28-8-10-31-11-9-28/h4-7,12-14H,8-11H2,1-3H3. The van der Waals surface area contributed by atoms with E-state index in [1.807, 2.05) is 45.0 Å². The van der Waals surface area contributed by atoms with Crippen molar-refractivity contribution < 1.29 is 9.53 Å². The van der Waals surface area contributed by atoms with Crippen LogP contribution in [-0.4, -0.2) is 52.1 Å². The molecule has 158 valence electrons. The van der Waals surface area contributed by atoms with Gasteiger partial charge < -0.3 is 9.64 Å². The van der Waals surface area contributed by atoms with E-state index in [1.165, 1.54) is 0 Å². The number of rotatable bonds is 3. The highest BCUT2D eigenvalue weighted by atomic mass is 16.5. The minimum atomic E-state index is -0.671. The summed E-state index contributed by atoms with van der Waals surface area (Å²) in [4.78, 5) is 35.0. The highest BCUT2D eigenvalue weighted by Gasteiger charge is 2.45. The summed E-state index contributed by atoms with van der Waals surface area (Å²) in [5.41, 5.74) is 2.92. The zero-order chi connectivity index (χ0) is 21.6. The third kappa shape index (κ3) is 3.33. The first-order valence-corrected chi connectivity index (χ1v) is 10.4. The van der Waals surface area contributed by atoms with Crippen molar-refractivity contribution in [1.82, 2.24) is 19.9 Å². The molecule has 2 aliphatic heterocycles. The van der Waals surface area contributed by atoms with Gasteiger partial charge in [0.25, 0.3) is 0 Å². The van der Waals surface area contributed by atoms with Crippen LogP contribution in [0.5, 0.6) is 0 Å². The Morgan fingerprint density at radius 2 is 1.74 bits per heavy atom. The molecular formula is C23H24N6O2. The van der Waals surface area contributed by atoms with Crippen LogP contribution in [0.25, 0.3) is 11.1 Å². The largest absolute Gasteiger partial charge is 0.378 e. The maximum absolute atomic E-state index is 13.5. The molecule has 1 aromatic carbocycles. The first-order valence-electron chi connectivity index (χ1n) is 10.4. The maximum atomic E-state index is 13.5. The molecule has 8 heteroatoms. The summed E-state index contributed by atoms with van der Waals surface area (Å²) >= 11 is 0. The number of hydrogen-bond donors (Lipinski definition) is 0. The lowest BCUT2D eigenvalue weighted by Gasteiger charge is -2.28. The predicted molar refractivity (Wildman–Crippen MR) is 117 cm³/mol. The molecule has 3 aromatic rings. The van der Waals surface area contributed by atoms with Crippen LogP contribution in [0.3, 0.4) is 0 Å². The van der Waals surface area contributed by atoms with Crippen molar-refractivity contribution in [2.75, 3.05) is 36.1 Å². The number of fused-ring (bicyclic) bond motifs is 1. The molecule has 2 aromatic heterocycles. The molecule has 0 saturated carbocycles. The SMILES string of the molecule is Cc1ncc(-c2ccc3c(c2)N(c2nccc(N4CCOCC4)n2)C(=O)C3(C)C)cn1. The maximum Gasteiger partial charge on any atom is 0.244 e. The minimum absolute atomic E-state index is 0.0427. The molecule has 1 amide bonds. The van der Waals surface area contributed by atoms with Crippen LogP contribution < -0.4 is 9.80 Å². The smallest absolute Gasteiger partial charge is 0.244 e. The Morgan fingerprint density at radius 3 is 2.48 bits per heavy atom. The Morgan fingerprint density at radius 1 is 1.00 bits per heavy atom. The van der Waals surface area contributed by atoms with Gasteiger partial charge in [0.1, 0.15) is 11.6 Å². The van der Waals surface area contributed by atoms with E-state index in [-0.39, 0.29) is 5.91 Å². The second-order valence-electron chi connectivity index (χ2n) is 8.33. The number of hydrogen-bond acceptors (Lipinski definition) is 7. The lowest BCUT2D eigenvalue weighted by atomic mass is 9.85. The summed E-state index contributed by atoms with van der Waals surface area (Å²) in [6.07, 6.45) is 5.31. The second kappa shape index (κ2) is 7.39. The van der Waals surface area contributed by atoms with Crippen LogP contribution in [0.1, 0.15) is 25.2 Å². The Balaban J connectivity index is 1.58. The van der Waals surface area contributed by atoms with E-state index in [1.54, 1.807) is 23.5 Å². The Hall–Kier alpha value is -3.39. The van der Waals surface area contributed by atoms with Gasteiger partial charge in [0.05, 0.1) is 24.3 Å². The van der Waals surface area contributed by atoms with E-state index >= 15 is 0 Å². The van der Waals surface area contributed by atoms with Gasteiger partial charge >= 0.3 is 0 Å². The molecule has 0 N–H and O–H groups in total. The summed E-state index contributed by atoms with van der Waals surface area (Å²) < 4.78 is 5.44. The average Bonchev–Trinajstić information content (AvgIpc) is 3.00. The van der Waals surface area contributed by atoms with E-state index in [4.69, 9.17) is 9.72 Å². The Labute approximate surface area is 180 Å². The van der Waals surface area contributed by atoms with Crippen molar-refractivity contribution >= 4 is 23.4 Å². The summed E-state index contributed by atoms with van der Waals surface area (Å²) in [6, 6.07) is 7.90. The van der Waals surface area contributed by atoms with Gasteiger partial charge in [0.2, 0.25) is 11.9 Å². The zero-order valence-electron chi connectivity index (χ0n) is 17.9. The zero-order valence-corrected chi connectivity index (χ0v) is 17.9. The van der Waals surface area contributed by atoms with Crippen LogP contribution in [0.15, 0.2) is 42.9 Å². The van der Waals surface area contributed by atoms with Crippen molar-refractivity contribution in [3.63, 3.8) is 0 Å². The summed E-state index contributed by atoms with van der Waals surface area (Å²) in [5.74, 6) is 1.86. The van der Waals surface area contributed by atoms with Gasteiger partial charge in [0.15, 0.2) is 0 Å². The third-order valence-electron chi connectivity index (χ3n) is 5.93. The molecule has 4 heterocycles. The number of morpholine rings is 1. The summed E-state index contributed by atoms with van der Waals surface area (Å²) in [5, 5.41) is 0. The van der Waals surface area contributed by atoms with Gasteiger partial charge in [-0.3, -0.25) is 4.79 Å². The Kier molecular flexibility index (Phi) is 4.66. The third-order valence-corrected chi connectivity index (χ3v) is 5.93. The molecule has 0 unspecified atom stereocenters. The number of aryl methyl sites for hydroxylation is 1. The van der Waals surface area contributed by atoms with Crippen LogP contribution >= 0.6 is 0 Å². The van der Waals surface area contributed by atoms with Crippen molar-refractivity contribution in [2.45, 2.75) is 26.2 Å². The molecule has 0 radical (unpaired) electrons. The van der Waals surface area contributed by atoms with E-state index in [0.29, 0.717) is 19.2 Å². The highest BCUT2D eigenvalue weighted by molar-refractivity contribution is 6.12. The number of ether oxygens (including phenoxy) is 1. The van der Waals surface area contributed by atoms with Crippen molar-refractivity contribution in [1.29, 1.82) is 0 Å². The predicted octanol–water partition coefficient (Wildman–Crippen LogP) is 3.03. The van der Waals surface area contributed by atoms with Gasteiger partial charge in [-0.05, 0) is 44.0 Å². The van der Waals surface area contributed by atoms with Gasteiger partial charge in [-0.2, -0.15) is 4.98 Å². The highest BCUT2D eigenvalue weighted by Crippen LogP contribution is 2.46. The van der Waals surface area contributed by atoms with Gasteiger partial charge in [-0.1, -0.05) is 12.1 Å². The molecule has 31 heavy (non-hydrogen) atoms. The molecule has 2 aliphatic rings. The topological polar surface area (TPSA) is 84.3 Å². The fraction of sp³-hybridized carbons (Fsp3) is 0.348. The average molecular weight is 416 g/mol. The number of carbonyl (C=O) groups is 1. The second-order valence-corrected chi connectivity index (χ2v) is 8.33. The van der Waals surface area contributed by atoms with Crippen LogP contribution in [0.2, 0.25) is 0 Å². The fourth-order valence-corrected chi connectivity index (χ4v) is 4.08. The van der Waals surface area contributed by atoms with E-state index in [0.717, 1.165) is 47.1 Å². The van der Waals surface area contributed by atoms with Gasteiger partial charge in [-0.15, -0.1) is 0 Å². The molecular weight excluding hydrogens is 392 g/mol. The van der Waals surface area contributed by atoms with E-state index in [2.05, 4.69) is 19.9 Å². The summed E-state index contributed by atoms with van der Waals surface area (Å²) in [6.45, 7) is 8.60. The molecule has 1 fully saturated rings. The number of benzene rings is 1. The first kappa shape index (κ1) is 19.6. The van der Waals surface area contributed by atoms with E-state index < -0.39 is 5.41 Å². The molecule has 0 atom stereocenters. The van der Waals surface area contributed by atoms with Gasteiger partial charge in [-0.25, -0.2) is 19.9 Å². The van der Waals surface area contributed by atoms with Crippen LogP contribution in [0, 0.1) is 6.92 Å². The van der Waals surface area contributed by atoms with E-state index in [9.17, 15) is 4.79 Å². The first-order chi connectivity index (χ1) is 14.9. The van der Waals surface area contributed by atoms with Crippen molar-refractivity contribution in [3.8, 4) is 11.1 Å². The molecule has 0 bridgehead atoms. The number of aromatic nitrogens is 4. The molecule has 8 nitrogen and oxygen atoms in total. The lowest BCUT2D eigenvalue weighted by molar-refractivity contribution is -0.121. The fourth-order valence-electron chi connectivity index (χ4n) is 4.08. The van der Waals surface area contributed by atoms with Crippen LogP contribution in [-0.2, 0) is 14.9 Å². The lowest BCUT2D eigenvalue weighted by Crippen LogP contribution is -2.37. The normalized spacial score (nSPS) is 17.7. The molecule has 0 aliphatic carbocycles. The molecule has 0 spiro atoms. The van der Waals surface area contributed by atoms with Gasteiger partial charge in [0, 0.05) is 37.2 Å². The minimum Gasteiger partial charge on any atom is -0.378 e. The molecule has 1 saturated heterocycles. The number of nitrogens with zero attached hydrogens (tertiary/aromatic N) is 6. The Bertz CT molecular complexity index is 1140. The number of anilines is 3. The number of carbonyl (C=O) groups excluding carboxylic acids is 1.